The lowest BCUT2D eigenvalue weighted by atomic mass is 9.99. The summed E-state index contributed by atoms with van der Waals surface area (Å²) < 4.78 is 13.7. The topological polar surface area (TPSA) is 17.1 Å². The Kier molecular flexibility index (Phi) is 3.38. The van der Waals surface area contributed by atoms with Crippen LogP contribution in [0.3, 0.4) is 0 Å². The molecule has 2 aromatic rings. The summed E-state index contributed by atoms with van der Waals surface area (Å²) in [7, 11) is 0. The molecule has 2 rings (SSSR count). The fraction of sp³-hybridized carbons (Fsp3) is 0.0714. The molecule has 0 aromatic heterocycles. The van der Waals surface area contributed by atoms with Crippen molar-refractivity contribution >= 4 is 21.7 Å². The van der Waals surface area contributed by atoms with Crippen LogP contribution in [0.1, 0.15) is 21.5 Å². The summed E-state index contributed by atoms with van der Waals surface area (Å²) in [5.74, 6) is -0.427. The highest BCUT2D eigenvalue weighted by Crippen LogP contribution is 2.19. The summed E-state index contributed by atoms with van der Waals surface area (Å²) >= 11 is 3.35. The Morgan fingerprint density at radius 1 is 1.12 bits per heavy atom. The summed E-state index contributed by atoms with van der Waals surface area (Å²) in [6, 6.07) is 11.1. The fourth-order valence-corrected chi connectivity index (χ4v) is 2.11. The molecule has 0 N–H and O–H groups in total. The van der Waals surface area contributed by atoms with Gasteiger partial charge in [-0.25, -0.2) is 4.39 Å². The molecule has 0 fully saturated rings. The molecule has 0 amide bonds. The Balaban J connectivity index is 2.40. The van der Waals surface area contributed by atoms with E-state index < -0.39 is 0 Å². The van der Waals surface area contributed by atoms with Crippen molar-refractivity contribution in [3.05, 3.63) is 69.4 Å². The normalized spacial score (nSPS) is 10.3. The number of carbonyl (C=O) groups excluding carboxylic acids is 1. The van der Waals surface area contributed by atoms with Crippen molar-refractivity contribution in [1.29, 1.82) is 0 Å². The van der Waals surface area contributed by atoms with Crippen molar-refractivity contribution in [2.75, 3.05) is 0 Å². The van der Waals surface area contributed by atoms with Gasteiger partial charge in [-0.2, -0.15) is 0 Å². The predicted octanol–water partition coefficient (Wildman–Crippen LogP) is 4.13. The van der Waals surface area contributed by atoms with Crippen molar-refractivity contribution in [3.8, 4) is 0 Å². The second-order valence-corrected chi connectivity index (χ2v) is 4.71. The van der Waals surface area contributed by atoms with E-state index in [0.717, 1.165) is 10.0 Å². The van der Waals surface area contributed by atoms with Gasteiger partial charge in [0.1, 0.15) is 5.82 Å². The van der Waals surface area contributed by atoms with Crippen molar-refractivity contribution < 1.29 is 9.18 Å². The van der Waals surface area contributed by atoms with Gasteiger partial charge < -0.3 is 0 Å². The third kappa shape index (κ3) is 2.61. The van der Waals surface area contributed by atoms with Crippen molar-refractivity contribution in [3.63, 3.8) is 0 Å². The van der Waals surface area contributed by atoms with Gasteiger partial charge in [-0.15, -0.1) is 0 Å². The molecule has 0 saturated heterocycles. The van der Waals surface area contributed by atoms with Crippen LogP contribution in [0.4, 0.5) is 4.39 Å². The van der Waals surface area contributed by atoms with E-state index in [9.17, 15) is 9.18 Å². The van der Waals surface area contributed by atoms with Gasteiger partial charge in [0.2, 0.25) is 0 Å². The van der Waals surface area contributed by atoms with Gasteiger partial charge in [0, 0.05) is 15.6 Å². The lowest BCUT2D eigenvalue weighted by Crippen LogP contribution is -2.03. The van der Waals surface area contributed by atoms with Crippen molar-refractivity contribution in [2.45, 2.75) is 6.92 Å². The van der Waals surface area contributed by atoms with Gasteiger partial charge in [0.25, 0.3) is 0 Å². The van der Waals surface area contributed by atoms with Gasteiger partial charge in [0.05, 0.1) is 0 Å². The van der Waals surface area contributed by atoms with Crippen LogP contribution < -0.4 is 0 Å². The molecule has 0 atom stereocenters. The maximum Gasteiger partial charge on any atom is 0.193 e. The average Bonchev–Trinajstić information content (AvgIpc) is 2.29. The molecular weight excluding hydrogens is 283 g/mol. The monoisotopic (exact) mass is 292 g/mol. The van der Waals surface area contributed by atoms with E-state index >= 15 is 0 Å². The lowest BCUT2D eigenvalue weighted by molar-refractivity contribution is 0.103. The zero-order chi connectivity index (χ0) is 12.4. The molecule has 86 valence electrons. The molecule has 0 aliphatic carbocycles. The van der Waals surface area contributed by atoms with E-state index in [2.05, 4.69) is 15.9 Å². The van der Waals surface area contributed by atoms with E-state index in [4.69, 9.17) is 0 Å². The number of hydrogen-bond acceptors (Lipinski definition) is 1. The molecule has 0 aliphatic heterocycles. The number of rotatable bonds is 2. The summed E-state index contributed by atoms with van der Waals surface area (Å²) in [5.41, 5.74) is 2.03. The Labute approximate surface area is 107 Å². The first-order valence-corrected chi connectivity index (χ1v) is 5.93. The first-order chi connectivity index (χ1) is 8.08. The number of halogens is 2. The molecule has 0 bridgehead atoms. The maximum atomic E-state index is 12.8. The zero-order valence-corrected chi connectivity index (χ0v) is 10.8. The lowest BCUT2D eigenvalue weighted by Gasteiger charge is -2.05. The van der Waals surface area contributed by atoms with Crippen LogP contribution in [0.2, 0.25) is 0 Å². The van der Waals surface area contributed by atoms with Gasteiger partial charge in [-0.3, -0.25) is 4.79 Å². The summed E-state index contributed by atoms with van der Waals surface area (Å²) in [6.07, 6.45) is 0. The number of aryl methyl sites for hydroxylation is 1. The van der Waals surface area contributed by atoms with E-state index in [-0.39, 0.29) is 11.6 Å². The quantitative estimate of drug-likeness (QED) is 0.761. The molecule has 0 aliphatic rings. The Hall–Kier alpha value is -1.48. The third-order valence-electron chi connectivity index (χ3n) is 2.54. The summed E-state index contributed by atoms with van der Waals surface area (Å²) in [4.78, 5) is 12.2. The first kappa shape index (κ1) is 12.0. The molecule has 2 aromatic carbocycles. The first-order valence-electron chi connectivity index (χ1n) is 5.14. The average molecular weight is 293 g/mol. The van der Waals surface area contributed by atoms with Crippen LogP contribution in [-0.4, -0.2) is 5.78 Å². The number of carbonyl (C=O) groups is 1. The number of ketones is 1. The Morgan fingerprint density at radius 2 is 1.76 bits per heavy atom. The van der Waals surface area contributed by atoms with Crippen molar-refractivity contribution in [1.82, 2.24) is 0 Å². The fourth-order valence-electron chi connectivity index (χ4n) is 1.64. The molecule has 17 heavy (non-hydrogen) atoms. The summed E-state index contributed by atoms with van der Waals surface area (Å²) in [5, 5.41) is 0. The van der Waals surface area contributed by atoms with Crippen LogP contribution in [0.15, 0.2) is 46.9 Å². The minimum atomic E-state index is -0.339. The summed E-state index contributed by atoms with van der Waals surface area (Å²) in [6.45, 7) is 1.88. The Bertz CT molecular complexity index is 561. The molecular formula is C14H10BrFO. The number of benzene rings is 2. The smallest absolute Gasteiger partial charge is 0.193 e. The Morgan fingerprint density at radius 3 is 2.35 bits per heavy atom. The highest BCUT2D eigenvalue weighted by Gasteiger charge is 2.11. The SMILES string of the molecule is Cc1cc(Br)ccc1C(=O)c1ccc(F)cc1. The molecule has 0 heterocycles. The second kappa shape index (κ2) is 4.80. The van der Waals surface area contributed by atoms with Crippen molar-refractivity contribution in [2.24, 2.45) is 0 Å². The molecule has 0 saturated carbocycles. The van der Waals surface area contributed by atoms with E-state index in [1.165, 1.54) is 24.3 Å². The highest BCUT2D eigenvalue weighted by molar-refractivity contribution is 9.10. The van der Waals surface area contributed by atoms with Crippen LogP contribution in [0.5, 0.6) is 0 Å². The second-order valence-electron chi connectivity index (χ2n) is 3.80. The largest absolute Gasteiger partial charge is 0.289 e. The van der Waals surface area contributed by atoms with Gasteiger partial charge in [-0.1, -0.05) is 15.9 Å². The van der Waals surface area contributed by atoms with Crippen LogP contribution in [-0.2, 0) is 0 Å². The van der Waals surface area contributed by atoms with Gasteiger partial charge >= 0.3 is 0 Å². The minimum Gasteiger partial charge on any atom is -0.289 e. The standard InChI is InChI=1S/C14H10BrFO/c1-9-8-11(15)4-7-13(9)14(17)10-2-5-12(16)6-3-10/h2-8H,1H3. The van der Waals surface area contributed by atoms with E-state index in [1.54, 1.807) is 6.07 Å². The highest BCUT2D eigenvalue weighted by atomic mass is 79.9. The van der Waals surface area contributed by atoms with E-state index in [1.807, 2.05) is 19.1 Å². The molecule has 0 radical (unpaired) electrons. The van der Waals surface area contributed by atoms with Gasteiger partial charge in [-0.05, 0) is 55.0 Å². The van der Waals surface area contributed by atoms with Crippen LogP contribution >= 0.6 is 15.9 Å². The van der Waals surface area contributed by atoms with Crippen LogP contribution in [0.25, 0.3) is 0 Å². The van der Waals surface area contributed by atoms with Gasteiger partial charge in [0.15, 0.2) is 5.78 Å². The third-order valence-corrected chi connectivity index (χ3v) is 3.03. The maximum absolute atomic E-state index is 12.8. The van der Waals surface area contributed by atoms with Crippen LogP contribution in [0, 0.1) is 12.7 Å². The molecule has 0 unspecified atom stereocenters. The molecule has 3 heteroatoms. The molecule has 0 spiro atoms. The minimum absolute atomic E-state index is 0.0880. The van der Waals surface area contributed by atoms with E-state index in [0.29, 0.717) is 11.1 Å². The number of hydrogen-bond donors (Lipinski definition) is 0. The molecule has 1 nitrogen and oxygen atoms in total. The predicted molar refractivity (Wildman–Crippen MR) is 68.7 cm³/mol. The zero-order valence-electron chi connectivity index (χ0n) is 9.21.